The standard InChI is InChI=1S/C11H11O/c1-8(2)9-3-4-10-6-12-7-11(10)5-9/h3-6,8H,1-2H3. The van der Waals surface area contributed by atoms with Crippen LogP contribution in [0.1, 0.15) is 25.3 Å². The highest BCUT2D eigenvalue weighted by molar-refractivity contribution is 5.81. The Labute approximate surface area is 72.0 Å². The third-order valence-electron chi connectivity index (χ3n) is 2.10. The minimum atomic E-state index is 0.567. The maximum Gasteiger partial charge on any atom is 0.177 e. The molecule has 2 aromatic rings. The molecule has 1 heteroatoms. The summed E-state index contributed by atoms with van der Waals surface area (Å²) in [5, 5.41) is 2.20. The Kier molecular flexibility index (Phi) is 1.65. The van der Waals surface area contributed by atoms with Crippen LogP contribution in [0.15, 0.2) is 28.9 Å². The molecule has 0 aliphatic carbocycles. The van der Waals surface area contributed by atoms with Crippen LogP contribution in [-0.4, -0.2) is 0 Å². The van der Waals surface area contributed by atoms with Crippen LogP contribution in [0, 0.1) is 6.26 Å². The first-order valence-corrected chi connectivity index (χ1v) is 4.16. The van der Waals surface area contributed by atoms with Crippen molar-refractivity contribution in [3.63, 3.8) is 0 Å². The fourth-order valence-electron chi connectivity index (χ4n) is 1.28. The molecular weight excluding hydrogens is 148 g/mol. The second-order valence-corrected chi connectivity index (χ2v) is 3.34. The van der Waals surface area contributed by atoms with Gasteiger partial charge in [-0.2, -0.15) is 0 Å². The van der Waals surface area contributed by atoms with Gasteiger partial charge in [-0.3, -0.25) is 0 Å². The summed E-state index contributed by atoms with van der Waals surface area (Å²) >= 11 is 0. The van der Waals surface area contributed by atoms with E-state index in [9.17, 15) is 0 Å². The summed E-state index contributed by atoms with van der Waals surface area (Å²) < 4.78 is 4.97. The largest absolute Gasteiger partial charge is 0.460 e. The van der Waals surface area contributed by atoms with Crippen LogP contribution in [0.2, 0.25) is 0 Å². The zero-order valence-corrected chi connectivity index (χ0v) is 7.29. The molecule has 0 aliphatic heterocycles. The molecule has 61 valence electrons. The summed E-state index contributed by atoms with van der Waals surface area (Å²) in [7, 11) is 0. The lowest BCUT2D eigenvalue weighted by Crippen LogP contribution is -1.84. The molecule has 0 bridgehead atoms. The molecule has 0 fully saturated rings. The van der Waals surface area contributed by atoms with E-state index < -0.39 is 0 Å². The van der Waals surface area contributed by atoms with E-state index in [0.29, 0.717) is 5.92 Å². The molecule has 0 aliphatic rings. The highest BCUT2D eigenvalue weighted by atomic mass is 16.3. The average molecular weight is 159 g/mol. The van der Waals surface area contributed by atoms with E-state index >= 15 is 0 Å². The maximum atomic E-state index is 4.97. The number of fused-ring (bicyclic) bond motifs is 1. The molecule has 12 heavy (non-hydrogen) atoms. The van der Waals surface area contributed by atoms with Crippen molar-refractivity contribution in [2.75, 3.05) is 0 Å². The fourth-order valence-corrected chi connectivity index (χ4v) is 1.28. The number of hydrogen-bond acceptors (Lipinski definition) is 1. The highest BCUT2D eigenvalue weighted by Crippen LogP contribution is 2.21. The highest BCUT2D eigenvalue weighted by Gasteiger charge is 2.01. The zero-order valence-electron chi connectivity index (χ0n) is 7.29. The van der Waals surface area contributed by atoms with Gasteiger partial charge in [0.25, 0.3) is 0 Å². The monoisotopic (exact) mass is 159 g/mol. The lowest BCUT2D eigenvalue weighted by atomic mass is 10.0. The molecule has 0 saturated carbocycles. The van der Waals surface area contributed by atoms with Crippen molar-refractivity contribution < 1.29 is 4.42 Å². The van der Waals surface area contributed by atoms with Crippen molar-refractivity contribution in [3.05, 3.63) is 36.3 Å². The van der Waals surface area contributed by atoms with Gasteiger partial charge in [-0.15, -0.1) is 0 Å². The van der Waals surface area contributed by atoms with E-state index in [1.807, 2.05) is 0 Å². The van der Waals surface area contributed by atoms with Gasteiger partial charge in [0, 0.05) is 10.8 Å². The summed E-state index contributed by atoms with van der Waals surface area (Å²) in [5.41, 5.74) is 1.33. The van der Waals surface area contributed by atoms with Crippen LogP contribution in [-0.2, 0) is 0 Å². The number of rotatable bonds is 1. The predicted octanol–water partition coefficient (Wildman–Crippen LogP) is 3.36. The quantitative estimate of drug-likeness (QED) is 0.621. The molecule has 0 amide bonds. The molecule has 0 unspecified atom stereocenters. The second kappa shape index (κ2) is 2.67. The first-order chi connectivity index (χ1) is 5.77. The summed E-state index contributed by atoms with van der Waals surface area (Å²) in [6.07, 6.45) is 4.56. The molecule has 1 aromatic carbocycles. The molecule has 1 nitrogen and oxygen atoms in total. The minimum Gasteiger partial charge on any atom is -0.460 e. The lowest BCUT2D eigenvalue weighted by Gasteiger charge is -2.03. The van der Waals surface area contributed by atoms with Gasteiger partial charge >= 0.3 is 0 Å². The second-order valence-electron chi connectivity index (χ2n) is 3.34. The summed E-state index contributed by atoms with van der Waals surface area (Å²) in [4.78, 5) is 0. The molecule has 1 heterocycles. The summed E-state index contributed by atoms with van der Waals surface area (Å²) in [6.45, 7) is 4.36. The molecule has 0 N–H and O–H groups in total. The topological polar surface area (TPSA) is 13.1 Å². The SMILES string of the molecule is CC(C)c1ccc2co[c]c2c1. The Balaban J connectivity index is 2.60. The first kappa shape index (κ1) is 7.41. The van der Waals surface area contributed by atoms with Gasteiger partial charge in [-0.25, -0.2) is 0 Å². The Bertz CT molecular complexity index is 385. The predicted molar refractivity (Wildman–Crippen MR) is 49.1 cm³/mol. The molecule has 0 spiro atoms. The van der Waals surface area contributed by atoms with Crippen molar-refractivity contribution in [1.29, 1.82) is 0 Å². The van der Waals surface area contributed by atoms with Gasteiger partial charge < -0.3 is 4.42 Å². The normalized spacial score (nSPS) is 11.2. The van der Waals surface area contributed by atoms with Crippen molar-refractivity contribution >= 4 is 10.8 Å². The van der Waals surface area contributed by atoms with Gasteiger partial charge in [0.15, 0.2) is 6.26 Å². The van der Waals surface area contributed by atoms with E-state index in [-0.39, 0.29) is 0 Å². The maximum absolute atomic E-state index is 4.97. The molecule has 1 aromatic heterocycles. The van der Waals surface area contributed by atoms with Crippen LogP contribution in [0.25, 0.3) is 10.8 Å². The van der Waals surface area contributed by atoms with Gasteiger partial charge in [-0.05, 0) is 17.5 Å². The van der Waals surface area contributed by atoms with Crippen LogP contribution in [0.4, 0.5) is 0 Å². The molecule has 1 radical (unpaired) electrons. The van der Waals surface area contributed by atoms with Crippen LogP contribution in [0.3, 0.4) is 0 Å². The van der Waals surface area contributed by atoms with E-state index in [1.165, 1.54) is 5.56 Å². The number of hydrogen-bond donors (Lipinski definition) is 0. The molecule has 0 saturated heterocycles. The van der Waals surface area contributed by atoms with Crippen molar-refractivity contribution in [3.8, 4) is 0 Å². The third-order valence-corrected chi connectivity index (χ3v) is 2.10. The zero-order chi connectivity index (χ0) is 8.55. The van der Waals surface area contributed by atoms with Gasteiger partial charge in [0.1, 0.15) is 0 Å². The van der Waals surface area contributed by atoms with E-state index in [1.54, 1.807) is 6.26 Å². The van der Waals surface area contributed by atoms with Gasteiger partial charge in [0.05, 0.1) is 6.26 Å². The summed E-state index contributed by atoms with van der Waals surface area (Å²) in [6, 6.07) is 6.34. The van der Waals surface area contributed by atoms with Crippen LogP contribution < -0.4 is 0 Å². The molecule has 0 atom stereocenters. The fraction of sp³-hybridized carbons (Fsp3) is 0.273. The van der Waals surface area contributed by atoms with E-state index in [4.69, 9.17) is 4.42 Å². The van der Waals surface area contributed by atoms with Gasteiger partial charge in [-0.1, -0.05) is 26.0 Å². The van der Waals surface area contributed by atoms with E-state index in [2.05, 4.69) is 38.3 Å². The van der Waals surface area contributed by atoms with Crippen molar-refractivity contribution in [1.82, 2.24) is 0 Å². The average Bonchev–Trinajstić information content (AvgIpc) is 2.49. The number of furan rings is 1. The van der Waals surface area contributed by atoms with Crippen molar-refractivity contribution in [2.24, 2.45) is 0 Å². The van der Waals surface area contributed by atoms with Crippen molar-refractivity contribution in [2.45, 2.75) is 19.8 Å². The third kappa shape index (κ3) is 1.11. The van der Waals surface area contributed by atoms with Gasteiger partial charge in [0.2, 0.25) is 0 Å². The number of benzene rings is 1. The van der Waals surface area contributed by atoms with Crippen LogP contribution >= 0.6 is 0 Å². The first-order valence-electron chi connectivity index (χ1n) is 4.16. The Morgan fingerprint density at radius 2 is 2.17 bits per heavy atom. The molecular formula is C11H11O. The minimum absolute atomic E-state index is 0.567. The Hall–Kier alpha value is -1.24. The summed E-state index contributed by atoms with van der Waals surface area (Å²) in [5.74, 6) is 0.567. The Morgan fingerprint density at radius 3 is 2.92 bits per heavy atom. The Morgan fingerprint density at radius 1 is 1.33 bits per heavy atom. The smallest absolute Gasteiger partial charge is 0.177 e. The molecule has 2 rings (SSSR count). The van der Waals surface area contributed by atoms with Crippen LogP contribution in [0.5, 0.6) is 0 Å². The van der Waals surface area contributed by atoms with E-state index in [0.717, 1.165) is 10.8 Å². The lowest BCUT2D eigenvalue weighted by molar-refractivity contribution is 0.563.